The molecule has 3 rings (SSSR count). The fourth-order valence-corrected chi connectivity index (χ4v) is 3.02. The summed E-state index contributed by atoms with van der Waals surface area (Å²) in [6.07, 6.45) is 0.301. The molecule has 0 bridgehead atoms. The molecule has 4 heteroatoms. The highest BCUT2D eigenvalue weighted by Crippen LogP contribution is 2.32. The Labute approximate surface area is 159 Å². The highest BCUT2D eigenvalue weighted by molar-refractivity contribution is 5.92. The van der Waals surface area contributed by atoms with Gasteiger partial charge in [-0.2, -0.15) is 0 Å². The van der Waals surface area contributed by atoms with E-state index in [4.69, 9.17) is 4.74 Å². The van der Waals surface area contributed by atoms with Crippen LogP contribution in [-0.4, -0.2) is 11.0 Å². The van der Waals surface area contributed by atoms with Gasteiger partial charge < -0.3 is 15.2 Å². The van der Waals surface area contributed by atoms with E-state index in [0.29, 0.717) is 12.2 Å². The van der Waals surface area contributed by atoms with Crippen LogP contribution in [0.15, 0.2) is 60.7 Å². The van der Waals surface area contributed by atoms with Crippen molar-refractivity contribution in [2.75, 3.05) is 5.32 Å². The third-order valence-corrected chi connectivity index (χ3v) is 4.33. The van der Waals surface area contributed by atoms with Crippen LogP contribution in [0.4, 0.5) is 5.69 Å². The Bertz CT molecular complexity index is 942. The van der Waals surface area contributed by atoms with Crippen molar-refractivity contribution < 1.29 is 14.6 Å². The molecule has 138 valence electrons. The van der Waals surface area contributed by atoms with Crippen LogP contribution in [0.3, 0.4) is 0 Å². The van der Waals surface area contributed by atoms with Crippen LogP contribution in [0.5, 0.6) is 17.2 Å². The molecule has 0 heterocycles. The molecule has 3 aromatic carbocycles. The van der Waals surface area contributed by atoms with E-state index in [9.17, 15) is 9.90 Å². The number of carbonyl (C=O) groups excluding carboxylic acids is 1. The van der Waals surface area contributed by atoms with Crippen LogP contribution < -0.4 is 10.1 Å². The molecule has 0 aromatic heterocycles. The number of amides is 1. The smallest absolute Gasteiger partial charge is 0.228 e. The number of aromatic hydroxyl groups is 1. The van der Waals surface area contributed by atoms with E-state index in [2.05, 4.69) is 5.32 Å². The summed E-state index contributed by atoms with van der Waals surface area (Å²) in [5, 5.41) is 12.6. The summed E-state index contributed by atoms with van der Waals surface area (Å²) in [6, 6.07) is 18.5. The number of nitrogens with one attached hydrogen (secondary N) is 1. The molecule has 1 amide bonds. The van der Waals surface area contributed by atoms with Crippen molar-refractivity contribution >= 4 is 11.6 Å². The average molecular weight is 361 g/mol. The number of phenols is 1. The lowest BCUT2D eigenvalue weighted by atomic mass is 10.0. The predicted octanol–water partition coefficient (Wildman–Crippen LogP) is 5.29. The number of carbonyl (C=O) groups is 1. The van der Waals surface area contributed by atoms with Gasteiger partial charge >= 0.3 is 0 Å². The number of hydrogen-bond donors (Lipinski definition) is 2. The summed E-state index contributed by atoms with van der Waals surface area (Å²) in [7, 11) is 0. The van der Waals surface area contributed by atoms with Gasteiger partial charge in [-0.25, -0.2) is 0 Å². The molecular formula is C23H23NO3. The van der Waals surface area contributed by atoms with E-state index in [0.717, 1.165) is 33.7 Å². The summed E-state index contributed by atoms with van der Waals surface area (Å²) in [6.45, 7) is 5.76. The zero-order valence-electron chi connectivity index (χ0n) is 15.7. The normalized spacial score (nSPS) is 10.5. The first kappa shape index (κ1) is 18.5. The van der Waals surface area contributed by atoms with Crippen molar-refractivity contribution in [2.24, 2.45) is 0 Å². The van der Waals surface area contributed by atoms with Gasteiger partial charge in [0.15, 0.2) is 0 Å². The SMILES string of the molecule is Cc1cc(Oc2c(C)cc(CC(=O)Nc3ccccc3)cc2C)ccc1O. The maximum Gasteiger partial charge on any atom is 0.228 e. The Kier molecular flexibility index (Phi) is 5.46. The summed E-state index contributed by atoms with van der Waals surface area (Å²) in [5.74, 6) is 1.64. The molecule has 27 heavy (non-hydrogen) atoms. The Morgan fingerprint density at radius 2 is 1.59 bits per heavy atom. The van der Waals surface area contributed by atoms with Crippen LogP contribution >= 0.6 is 0 Å². The van der Waals surface area contributed by atoms with Crippen molar-refractivity contribution in [3.05, 3.63) is 82.9 Å². The Hall–Kier alpha value is -3.27. The van der Waals surface area contributed by atoms with Crippen molar-refractivity contribution in [1.29, 1.82) is 0 Å². The Morgan fingerprint density at radius 1 is 0.926 bits per heavy atom. The number of phenolic OH excluding ortho intramolecular Hbond substituents is 1. The number of aryl methyl sites for hydroxylation is 3. The van der Waals surface area contributed by atoms with E-state index < -0.39 is 0 Å². The summed E-state index contributed by atoms with van der Waals surface area (Å²) >= 11 is 0. The van der Waals surface area contributed by atoms with Gasteiger partial charge in [0.2, 0.25) is 5.91 Å². The van der Waals surface area contributed by atoms with Gasteiger partial charge in [-0.05, 0) is 73.4 Å². The second-order valence-electron chi connectivity index (χ2n) is 6.70. The lowest BCUT2D eigenvalue weighted by Gasteiger charge is -2.14. The zero-order valence-corrected chi connectivity index (χ0v) is 15.7. The van der Waals surface area contributed by atoms with Gasteiger partial charge in [-0.15, -0.1) is 0 Å². The molecule has 0 aliphatic carbocycles. The Morgan fingerprint density at radius 3 is 2.22 bits per heavy atom. The molecule has 2 N–H and O–H groups in total. The molecule has 0 aliphatic heterocycles. The van der Waals surface area contributed by atoms with E-state index in [1.807, 2.05) is 63.2 Å². The van der Waals surface area contributed by atoms with Crippen LogP contribution in [0.25, 0.3) is 0 Å². The lowest BCUT2D eigenvalue weighted by molar-refractivity contribution is -0.115. The first-order valence-corrected chi connectivity index (χ1v) is 8.85. The van der Waals surface area contributed by atoms with Crippen molar-refractivity contribution in [3.8, 4) is 17.2 Å². The van der Waals surface area contributed by atoms with Gasteiger partial charge in [0.05, 0.1) is 6.42 Å². The van der Waals surface area contributed by atoms with Gasteiger partial charge in [-0.3, -0.25) is 4.79 Å². The highest BCUT2D eigenvalue weighted by atomic mass is 16.5. The number of ether oxygens (including phenoxy) is 1. The highest BCUT2D eigenvalue weighted by Gasteiger charge is 2.11. The summed E-state index contributed by atoms with van der Waals surface area (Å²) in [5.41, 5.74) is 4.41. The third kappa shape index (κ3) is 4.67. The minimum absolute atomic E-state index is 0.0529. The number of para-hydroxylation sites is 1. The molecule has 3 aromatic rings. The van der Waals surface area contributed by atoms with E-state index in [-0.39, 0.29) is 11.7 Å². The van der Waals surface area contributed by atoms with Gasteiger partial charge in [-0.1, -0.05) is 30.3 Å². The maximum absolute atomic E-state index is 12.3. The van der Waals surface area contributed by atoms with E-state index >= 15 is 0 Å². The molecule has 4 nitrogen and oxygen atoms in total. The number of hydrogen-bond acceptors (Lipinski definition) is 3. The van der Waals surface area contributed by atoms with Gasteiger partial charge in [0.1, 0.15) is 17.2 Å². The zero-order chi connectivity index (χ0) is 19.4. The van der Waals surface area contributed by atoms with Crippen molar-refractivity contribution in [1.82, 2.24) is 0 Å². The minimum atomic E-state index is -0.0529. The third-order valence-electron chi connectivity index (χ3n) is 4.33. The number of rotatable bonds is 5. The fourth-order valence-electron chi connectivity index (χ4n) is 3.02. The molecule has 0 radical (unpaired) electrons. The summed E-state index contributed by atoms with van der Waals surface area (Å²) < 4.78 is 6.02. The number of benzene rings is 3. The quantitative estimate of drug-likeness (QED) is 0.649. The first-order chi connectivity index (χ1) is 12.9. The van der Waals surface area contributed by atoms with Crippen LogP contribution in [-0.2, 0) is 11.2 Å². The largest absolute Gasteiger partial charge is 0.508 e. The molecule has 0 spiro atoms. The molecule has 0 fully saturated rings. The van der Waals surface area contributed by atoms with Crippen LogP contribution in [0.1, 0.15) is 22.3 Å². The fraction of sp³-hybridized carbons (Fsp3) is 0.174. The van der Waals surface area contributed by atoms with Gasteiger partial charge in [0.25, 0.3) is 0 Å². The summed E-state index contributed by atoms with van der Waals surface area (Å²) in [4.78, 5) is 12.3. The van der Waals surface area contributed by atoms with E-state index in [1.165, 1.54) is 0 Å². The first-order valence-electron chi connectivity index (χ1n) is 8.85. The van der Waals surface area contributed by atoms with Crippen molar-refractivity contribution in [2.45, 2.75) is 27.2 Å². The molecule has 0 atom stereocenters. The van der Waals surface area contributed by atoms with Crippen LogP contribution in [0, 0.1) is 20.8 Å². The molecular weight excluding hydrogens is 338 g/mol. The molecule has 0 saturated carbocycles. The average Bonchev–Trinajstić information content (AvgIpc) is 2.62. The topological polar surface area (TPSA) is 58.6 Å². The van der Waals surface area contributed by atoms with Crippen LogP contribution in [0.2, 0.25) is 0 Å². The number of anilines is 1. The lowest BCUT2D eigenvalue weighted by Crippen LogP contribution is -2.14. The molecule has 0 aliphatic rings. The minimum Gasteiger partial charge on any atom is -0.508 e. The second-order valence-corrected chi connectivity index (χ2v) is 6.70. The maximum atomic E-state index is 12.3. The second kappa shape index (κ2) is 7.96. The molecule has 0 unspecified atom stereocenters. The molecule has 0 saturated heterocycles. The Balaban J connectivity index is 1.74. The van der Waals surface area contributed by atoms with Gasteiger partial charge in [0, 0.05) is 5.69 Å². The van der Waals surface area contributed by atoms with Crippen molar-refractivity contribution in [3.63, 3.8) is 0 Å². The van der Waals surface area contributed by atoms with E-state index in [1.54, 1.807) is 18.2 Å². The monoisotopic (exact) mass is 361 g/mol. The standard InChI is InChI=1S/C23H23NO3/c1-15-13-20(9-10-21(15)25)27-23-16(2)11-18(12-17(23)3)14-22(26)24-19-7-5-4-6-8-19/h4-13,25H,14H2,1-3H3,(H,24,26). The predicted molar refractivity (Wildman–Crippen MR) is 108 cm³/mol.